The normalized spacial score (nSPS) is 20.5. The molecular weight excluding hydrogens is 400 g/mol. The first kappa shape index (κ1) is 21.9. The Kier molecular flexibility index (Phi) is 7.90. The molecule has 2 aromatic rings. The Morgan fingerprint density at radius 2 is 1.43 bits per heavy atom. The van der Waals surface area contributed by atoms with Crippen molar-refractivity contribution in [2.45, 2.75) is 43.0 Å². The van der Waals surface area contributed by atoms with Crippen LogP contribution in [0.15, 0.2) is 60.7 Å². The van der Waals surface area contributed by atoms with Gasteiger partial charge in [-0.05, 0) is 37.1 Å². The Morgan fingerprint density at radius 3 is 2.00 bits per heavy atom. The molecule has 3 rings (SSSR count). The number of thioether (sulfide) groups is 1. The number of hydrogen-bond acceptors (Lipinski definition) is 4. The number of unbranched alkanes of at least 4 members (excludes halogenated alkanes) is 1. The van der Waals surface area contributed by atoms with Crippen LogP contribution < -0.4 is 10.6 Å². The van der Waals surface area contributed by atoms with Gasteiger partial charge in [0.05, 0.1) is 12.1 Å². The van der Waals surface area contributed by atoms with Crippen LogP contribution in [0.1, 0.15) is 46.4 Å². The molecule has 0 unspecified atom stereocenters. The van der Waals surface area contributed by atoms with E-state index in [1.54, 1.807) is 36.0 Å². The molecule has 3 N–H and O–H groups in total. The SMILES string of the molecule is O=C(O)CCCC[C@H]1SC[C@@H](NC(=O)c2ccccc2)[C@@H]1NC(=O)c1ccccc1. The molecule has 1 saturated heterocycles. The summed E-state index contributed by atoms with van der Waals surface area (Å²) in [6.45, 7) is 0. The number of hydrogen-bond donors (Lipinski definition) is 3. The summed E-state index contributed by atoms with van der Waals surface area (Å²) < 4.78 is 0. The van der Waals surface area contributed by atoms with Crippen LogP contribution >= 0.6 is 11.8 Å². The van der Waals surface area contributed by atoms with Crippen molar-refractivity contribution in [3.63, 3.8) is 0 Å². The lowest BCUT2D eigenvalue weighted by Gasteiger charge is -2.26. The van der Waals surface area contributed by atoms with Gasteiger partial charge in [0.15, 0.2) is 0 Å². The molecule has 0 aliphatic carbocycles. The average Bonchev–Trinajstić information content (AvgIpc) is 3.13. The Balaban J connectivity index is 1.67. The van der Waals surface area contributed by atoms with Crippen molar-refractivity contribution in [3.05, 3.63) is 71.8 Å². The van der Waals surface area contributed by atoms with E-state index in [9.17, 15) is 14.4 Å². The first-order chi connectivity index (χ1) is 14.5. The zero-order valence-electron chi connectivity index (χ0n) is 16.6. The van der Waals surface area contributed by atoms with E-state index in [-0.39, 0.29) is 35.6 Å². The van der Waals surface area contributed by atoms with Gasteiger partial charge in [-0.1, -0.05) is 42.8 Å². The molecular formula is C23H26N2O4S. The van der Waals surface area contributed by atoms with Gasteiger partial charge in [0.2, 0.25) is 0 Å². The third kappa shape index (κ3) is 6.10. The third-order valence-electron chi connectivity index (χ3n) is 5.14. The lowest BCUT2D eigenvalue weighted by atomic mass is 10.00. The Bertz CT molecular complexity index is 860. The van der Waals surface area contributed by atoms with Crippen molar-refractivity contribution in [2.75, 3.05) is 5.75 Å². The second kappa shape index (κ2) is 10.8. The summed E-state index contributed by atoms with van der Waals surface area (Å²) in [7, 11) is 0. The molecule has 2 amide bonds. The summed E-state index contributed by atoms with van der Waals surface area (Å²) in [5.41, 5.74) is 1.16. The number of amides is 2. The van der Waals surface area contributed by atoms with E-state index in [1.807, 2.05) is 36.4 Å². The number of carbonyl (C=O) groups excluding carboxylic acids is 2. The smallest absolute Gasteiger partial charge is 0.303 e. The van der Waals surface area contributed by atoms with Gasteiger partial charge in [-0.2, -0.15) is 11.8 Å². The molecule has 158 valence electrons. The maximum Gasteiger partial charge on any atom is 0.303 e. The maximum absolute atomic E-state index is 12.8. The minimum Gasteiger partial charge on any atom is -0.481 e. The van der Waals surface area contributed by atoms with Crippen molar-refractivity contribution < 1.29 is 19.5 Å². The van der Waals surface area contributed by atoms with E-state index in [4.69, 9.17) is 5.11 Å². The summed E-state index contributed by atoms with van der Waals surface area (Å²) in [4.78, 5) is 36.2. The second-order valence-corrected chi connectivity index (χ2v) is 8.59. The lowest BCUT2D eigenvalue weighted by molar-refractivity contribution is -0.137. The highest BCUT2D eigenvalue weighted by Crippen LogP contribution is 2.32. The first-order valence-corrected chi connectivity index (χ1v) is 11.1. The molecule has 0 spiro atoms. The van der Waals surface area contributed by atoms with Crippen LogP contribution in [0.4, 0.5) is 0 Å². The number of aliphatic carboxylic acids is 1. The number of nitrogens with one attached hydrogen (secondary N) is 2. The molecule has 2 aromatic carbocycles. The highest BCUT2D eigenvalue weighted by atomic mass is 32.2. The van der Waals surface area contributed by atoms with Crippen LogP contribution in [0.2, 0.25) is 0 Å². The third-order valence-corrected chi connectivity index (χ3v) is 6.65. The van der Waals surface area contributed by atoms with Gasteiger partial charge in [0, 0.05) is 28.6 Å². The second-order valence-electron chi connectivity index (χ2n) is 7.32. The van der Waals surface area contributed by atoms with Gasteiger partial charge in [0.1, 0.15) is 0 Å². The van der Waals surface area contributed by atoms with Crippen molar-refractivity contribution in [1.29, 1.82) is 0 Å². The Morgan fingerprint density at radius 1 is 0.867 bits per heavy atom. The molecule has 0 saturated carbocycles. The minimum absolute atomic E-state index is 0.118. The van der Waals surface area contributed by atoms with Crippen LogP contribution in [-0.4, -0.2) is 46.0 Å². The van der Waals surface area contributed by atoms with Crippen LogP contribution in [0.25, 0.3) is 0 Å². The fourth-order valence-electron chi connectivity index (χ4n) is 3.57. The molecule has 1 fully saturated rings. The predicted molar refractivity (Wildman–Crippen MR) is 118 cm³/mol. The van der Waals surface area contributed by atoms with Crippen molar-refractivity contribution in [1.82, 2.24) is 10.6 Å². The largest absolute Gasteiger partial charge is 0.481 e. The van der Waals surface area contributed by atoms with E-state index in [1.165, 1.54) is 0 Å². The van der Waals surface area contributed by atoms with Crippen LogP contribution in [0.3, 0.4) is 0 Å². The van der Waals surface area contributed by atoms with E-state index in [0.717, 1.165) is 12.8 Å². The highest BCUT2D eigenvalue weighted by Gasteiger charge is 2.38. The molecule has 0 bridgehead atoms. The summed E-state index contributed by atoms with van der Waals surface area (Å²) >= 11 is 1.71. The van der Waals surface area contributed by atoms with Crippen LogP contribution in [-0.2, 0) is 4.79 Å². The number of carboxylic acids is 1. The van der Waals surface area contributed by atoms with E-state index in [2.05, 4.69) is 10.6 Å². The van der Waals surface area contributed by atoms with Crippen molar-refractivity contribution >= 4 is 29.5 Å². The summed E-state index contributed by atoms with van der Waals surface area (Å²) in [6, 6.07) is 17.6. The molecule has 1 heterocycles. The summed E-state index contributed by atoms with van der Waals surface area (Å²) in [5, 5.41) is 15.1. The number of rotatable bonds is 9. The zero-order chi connectivity index (χ0) is 21.3. The number of carboxylic acid groups (broad SMARTS) is 1. The van der Waals surface area contributed by atoms with Crippen LogP contribution in [0.5, 0.6) is 0 Å². The summed E-state index contributed by atoms with van der Waals surface area (Å²) in [5.74, 6) is -0.428. The zero-order valence-corrected chi connectivity index (χ0v) is 17.4. The predicted octanol–water partition coefficient (Wildman–Crippen LogP) is 3.34. The van der Waals surface area contributed by atoms with Gasteiger partial charge in [-0.3, -0.25) is 14.4 Å². The fourth-order valence-corrected chi connectivity index (χ4v) is 5.11. The van der Waals surface area contributed by atoms with Gasteiger partial charge < -0.3 is 15.7 Å². The molecule has 0 aromatic heterocycles. The van der Waals surface area contributed by atoms with E-state index < -0.39 is 5.97 Å². The molecule has 7 heteroatoms. The van der Waals surface area contributed by atoms with Gasteiger partial charge in [0.25, 0.3) is 11.8 Å². The molecule has 3 atom stereocenters. The molecule has 1 aliphatic heterocycles. The van der Waals surface area contributed by atoms with E-state index >= 15 is 0 Å². The topological polar surface area (TPSA) is 95.5 Å². The van der Waals surface area contributed by atoms with Crippen molar-refractivity contribution in [3.8, 4) is 0 Å². The van der Waals surface area contributed by atoms with E-state index in [0.29, 0.717) is 23.3 Å². The molecule has 1 aliphatic rings. The number of carbonyl (C=O) groups is 3. The fraction of sp³-hybridized carbons (Fsp3) is 0.348. The molecule has 6 nitrogen and oxygen atoms in total. The van der Waals surface area contributed by atoms with Gasteiger partial charge >= 0.3 is 5.97 Å². The van der Waals surface area contributed by atoms with Gasteiger partial charge in [-0.15, -0.1) is 0 Å². The van der Waals surface area contributed by atoms with Crippen molar-refractivity contribution in [2.24, 2.45) is 0 Å². The first-order valence-electron chi connectivity index (χ1n) is 10.1. The monoisotopic (exact) mass is 426 g/mol. The number of benzene rings is 2. The van der Waals surface area contributed by atoms with Crippen LogP contribution in [0, 0.1) is 0 Å². The average molecular weight is 427 g/mol. The molecule has 30 heavy (non-hydrogen) atoms. The van der Waals surface area contributed by atoms with Gasteiger partial charge in [-0.25, -0.2) is 0 Å². The Hall–Kier alpha value is -2.80. The quantitative estimate of drug-likeness (QED) is 0.535. The maximum atomic E-state index is 12.8. The highest BCUT2D eigenvalue weighted by molar-refractivity contribution is 8.00. The summed E-state index contributed by atoms with van der Waals surface area (Å²) in [6.07, 6.45) is 2.30. The lowest BCUT2D eigenvalue weighted by Crippen LogP contribution is -2.53. The minimum atomic E-state index is -0.795. The Labute approximate surface area is 180 Å². The standard InChI is InChI=1S/C23H26N2O4S/c26-20(27)14-8-7-13-19-21(25-23(29)17-11-5-2-6-12-17)18(15-30-19)24-22(28)16-9-3-1-4-10-16/h1-6,9-12,18-19,21H,7-8,13-15H2,(H,24,28)(H,25,29)(H,26,27)/t18-,19-,21+/m1/s1. The molecule has 0 radical (unpaired) electrons.